The molecule has 3 aromatic rings. The van der Waals surface area contributed by atoms with Crippen LogP contribution in [0.15, 0.2) is 36.4 Å². The van der Waals surface area contributed by atoms with E-state index in [-0.39, 0.29) is 18.4 Å². The summed E-state index contributed by atoms with van der Waals surface area (Å²) in [6, 6.07) is 9.68. The average molecular weight is 489 g/mol. The molecule has 0 spiro atoms. The van der Waals surface area contributed by atoms with Crippen LogP contribution in [0, 0.1) is 0 Å². The van der Waals surface area contributed by atoms with E-state index >= 15 is 0 Å². The second kappa shape index (κ2) is 9.54. The normalized spacial score (nSPS) is 18.1. The molecule has 4 rings (SSSR count). The minimum absolute atomic E-state index is 0.167. The van der Waals surface area contributed by atoms with E-state index in [9.17, 15) is 19.5 Å². The van der Waals surface area contributed by atoms with Crippen LogP contribution in [0.3, 0.4) is 0 Å². The van der Waals surface area contributed by atoms with E-state index in [1.165, 1.54) is 23.2 Å². The number of carbonyl (C=O) groups excluding carboxylic acids is 3. The van der Waals surface area contributed by atoms with Gasteiger partial charge in [0.2, 0.25) is 17.7 Å². The van der Waals surface area contributed by atoms with E-state index < -0.39 is 30.5 Å². The van der Waals surface area contributed by atoms with Gasteiger partial charge in [0, 0.05) is 25.1 Å². The number of aliphatic hydroxyl groups is 1. The topological polar surface area (TPSA) is 115 Å². The summed E-state index contributed by atoms with van der Waals surface area (Å²) in [7, 11) is 1.63. The van der Waals surface area contributed by atoms with Gasteiger partial charge in [0.1, 0.15) is 10.9 Å². The molecule has 10 heteroatoms. The van der Waals surface area contributed by atoms with Crippen molar-refractivity contribution in [1.82, 2.24) is 20.5 Å². The molecule has 2 aromatic heterocycles. The van der Waals surface area contributed by atoms with Gasteiger partial charge in [-0.15, -0.1) is 11.3 Å². The maximum Gasteiger partial charge on any atom is 0.247 e. The Balaban J connectivity index is 1.52. The molecule has 0 saturated carbocycles. The Hall–Kier alpha value is -2.88. The lowest BCUT2D eigenvalue weighted by Gasteiger charge is -2.33. The molecule has 1 aromatic carbocycles. The first-order valence-corrected chi connectivity index (χ1v) is 11.7. The lowest BCUT2D eigenvalue weighted by Crippen LogP contribution is -2.53. The smallest absolute Gasteiger partial charge is 0.247 e. The Morgan fingerprint density at radius 2 is 2.06 bits per heavy atom. The standard InChI is InChI=1S/C23H25ClN4O4S/c1-12(30)25-18(11-29)23(32)28(2)21-16-6-4-3-5-13(16)8-17(21)27-20(31)10-15-7-14-9-19(24)33-22(14)26-15/h3-7,9,17-18,21,26,29H,8,10-11H2,1-2H3,(H,25,30)(H,27,31)/t17-,18+,21-/m1/s1. The number of halogens is 1. The number of hydrogen-bond donors (Lipinski definition) is 4. The molecule has 1 aliphatic carbocycles. The number of nitrogens with one attached hydrogen (secondary N) is 3. The predicted molar refractivity (Wildman–Crippen MR) is 127 cm³/mol. The zero-order valence-electron chi connectivity index (χ0n) is 18.2. The van der Waals surface area contributed by atoms with Gasteiger partial charge in [-0.1, -0.05) is 35.9 Å². The van der Waals surface area contributed by atoms with Crippen LogP contribution in [-0.2, 0) is 27.2 Å². The molecule has 0 unspecified atom stereocenters. The van der Waals surface area contributed by atoms with Crippen molar-refractivity contribution in [3.8, 4) is 0 Å². The molecule has 3 amide bonds. The molecule has 1 aliphatic rings. The monoisotopic (exact) mass is 488 g/mol. The van der Waals surface area contributed by atoms with E-state index in [0.29, 0.717) is 10.8 Å². The number of H-pyrrole nitrogens is 1. The molecular formula is C23H25ClN4O4S. The quantitative estimate of drug-likeness (QED) is 0.408. The number of amides is 3. The van der Waals surface area contributed by atoms with Crippen LogP contribution in [0.4, 0.5) is 0 Å². The van der Waals surface area contributed by atoms with Crippen LogP contribution >= 0.6 is 22.9 Å². The van der Waals surface area contributed by atoms with Crippen LogP contribution < -0.4 is 10.6 Å². The minimum Gasteiger partial charge on any atom is -0.394 e. The van der Waals surface area contributed by atoms with Crippen LogP contribution in [0.2, 0.25) is 4.34 Å². The highest BCUT2D eigenvalue weighted by atomic mass is 35.5. The van der Waals surface area contributed by atoms with Gasteiger partial charge in [-0.3, -0.25) is 14.4 Å². The summed E-state index contributed by atoms with van der Waals surface area (Å²) in [5.41, 5.74) is 2.77. The molecule has 0 radical (unpaired) electrons. The number of aliphatic hydroxyl groups excluding tert-OH is 1. The van der Waals surface area contributed by atoms with E-state index in [1.54, 1.807) is 7.05 Å². The summed E-state index contributed by atoms with van der Waals surface area (Å²) in [4.78, 5) is 43.0. The number of aromatic amines is 1. The largest absolute Gasteiger partial charge is 0.394 e. The SMILES string of the molecule is CC(=O)N[C@@H](CO)C(=O)N(C)[C@@H]1c2ccccc2C[C@H]1NC(=O)Cc1cc2cc(Cl)sc2[nH]1. The second-order valence-electron chi connectivity index (χ2n) is 8.21. The third-order valence-corrected chi connectivity index (χ3v) is 7.04. The fourth-order valence-corrected chi connectivity index (χ4v) is 5.62. The number of aromatic nitrogens is 1. The van der Waals surface area contributed by atoms with Crippen LogP contribution in [-0.4, -0.2) is 58.5 Å². The number of thiophene rings is 1. The lowest BCUT2D eigenvalue weighted by molar-refractivity contribution is -0.138. The van der Waals surface area contributed by atoms with Gasteiger partial charge in [0.05, 0.1) is 29.4 Å². The average Bonchev–Trinajstić information content (AvgIpc) is 3.40. The Bertz CT molecular complexity index is 1170. The number of fused-ring (bicyclic) bond motifs is 2. The van der Waals surface area contributed by atoms with Crippen molar-refractivity contribution in [3.63, 3.8) is 0 Å². The molecular weight excluding hydrogens is 464 g/mol. The Labute approximate surface area is 199 Å². The Kier molecular flexibility index (Phi) is 6.73. The highest BCUT2D eigenvalue weighted by molar-refractivity contribution is 7.22. The highest BCUT2D eigenvalue weighted by Crippen LogP contribution is 2.36. The predicted octanol–water partition coefficient (Wildman–Crippen LogP) is 2.16. The number of nitrogens with zero attached hydrogens (tertiary/aromatic N) is 1. The van der Waals surface area contributed by atoms with Gasteiger partial charge in [-0.05, 0) is 29.7 Å². The number of hydrogen-bond acceptors (Lipinski definition) is 5. The van der Waals surface area contributed by atoms with Crippen molar-refractivity contribution in [3.05, 3.63) is 57.6 Å². The third-order valence-electron chi connectivity index (χ3n) is 5.85. The van der Waals surface area contributed by atoms with Crippen LogP contribution in [0.1, 0.15) is 29.8 Å². The molecule has 0 fully saturated rings. The lowest BCUT2D eigenvalue weighted by atomic mass is 10.0. The number of benzene rings is 1. The first-order chi connectivity index (χ1) is 15.8. The highest BCUT2D eigenvalue weighted by Gasteiger charge is 2.39. The fourth-order valence-electron chi connectivity index (χ4n) is 4.47. The first-order valence-electron chi connectivity index (χ1n) is 10.6. The van der Waals surface area contributed by atoms with Gasteiger partial charge in [-0.2, -0.15) is 0 Å². The van der Waals surface area contributed by atoms with E-state index in [2.05, 4.69) is 15.6 Å². The number of rotatable bonds is 7. The van der Waals surface area contributed by atoms with E-state index in [4.69, 9.17) is 11.6 Å². The minimum atomic E-state index is -1.05. The van der Waals surface area contributed by atoms with E-state index in [0.717, 1.165) is 27.0 Å². The zero-order chi connectivity index (χ0) is 23.7. The molecule has 0 aliphatic heterocycles. The summed E-state index contributed by atoms with van der Waals surface area (Å²) in [5, 5.41) is 16.2. The molecule has 0 saturated heterocycles. The first kappa shape index (κ1) is 23.3. The van der Waals surface area contributed by atoms with Gasteiger partial charge >= 0.3 is 0 Å². The maximum absolute atomic E-state index is 13.1. The van der Waals surface area contributed by atoms with Crippen LogP contribution in [0.25, 0.3) is 10.2 Å². The Morgan fingerprint density at radius 1 is 1.30 bits per heavy atom. The molecule has 8 nitrogen and oxygen atoms in total. The van der Waals surface area contributed by atoms with Crippen molar-refractivity contribution in [2.24, 2.45) is 0 Å². The van der Waals surface area contributed by atoms with E-state index in [1.807, 2.05) is 36.4 Å². The maximum atomic E-state index is 13.1. The van der Waals surface area contributed by atoms with Crippen molar-refractivity contribution in [2.75, 3.05) is 13.7 Å². The molecule has 33 heavy (non-hydrogen) atoms. The summed E-state index contributed by atoms with van der Waals surface area (Å²) in [6.45, 7) is 0.782. The molecule has 4 N–H and O–H groups in total. The van der Waals surface area contributed by atoms with Gasteiger partial charge in [0.15, 0.2) is 0 Å². The molecule has 3 atom stereocenters. The summed E-state index contributed by atoms with van der Waals surface area (Å²) < 4.78 is 0.687. The zero-order valence-corrected chi connectivity index (χ0v) is 19.8. The third kappa shape index (κ3) is 4.90. The summed E-state index contributed by atoms with van der Waals surface area (Å²) in [6.07, 6.45) is 0.741. The number of carbonyl (C=O) groups is 3. The fraction of sp³-hybridized carbons (Fsp3) is 0.348. The van der Waals surface area contributed by atoms with Crippen molar-refractivity contribution < 1.29 is 19.5 Å². The number of likely N-dealkylation sites (N-methyl/N-ethyl adjacent to an activating group) is 1. The van der Waals surface area contributed by atoms with Crippen molar-refractivity contribution >= 4 is 50.9 Å². The molecule has 2 heterocycles. The summed E-state index contributed by atoms with van der Waals surface area (Å²) >= 11 is 7.44. The van der Waals surface area contributed by atoms with Crippen molar-refractivity contribution in [2.45, 2.75) is 37.9 Å². The van der Waals surface area contributed by atoms with Crippen molar-refractivity contribution in [1.29, 1.82) is 0 Å². The Morgan fingerprint density at radius 3 is 2.76 bits per heavy atom. The van der Waals surface area contributed by atoms with Gasteiger partial charge in [0.25, 0.3) is 0 Å². The van der Waals surface area contributed by atoms with Gasteiger partial charge in [-0.25, -0.2) is 0 Å². The molecule has 0 bridgehead atoms. The van der Waals surface area contributed by atoms with Crippen LogP contribution in [0.5, 0.6) is 0 Å². The molecule has 174 valence electrons. The second-order valence-corrected chi connectivity index (χ2v) is 9.90. The summed E-state index contributed by atoms with van der Waals surface area (Å²) in [5.74, 6) is -0.992. The van der Waals surface area contributed by atoms with Gasteiger partial charge < -0.3 is 25.6 Å².